The molecule has 3 heterocycles. The van der Waals surface area contributed by atoms with Crippen LogP contribution in [-0.2, 0) is 22.6 Å². The summed E-state index contributed by atoms with van der Waals surface area (Å²) in [7, 11) is 0. The van der Waals surface area contributed by atoms with Crippen LogP contribution in [0.5, 0.6) is 0 Å². The minimum atomic E-state index is -0.975. The summed E-state index contributed by atoms with van der Waals surface area (Å²) in [4.78, 5) is 20.0. The van der Waals surface area contributed by atoms with Crippen LogP contribution in [0, 0.1) is 5.82 Å². The first-order valence-electron chi connectivity index (χ1n) is 8.21. The molecule has 1 aromatic heterocycles. The number of hydrogen-bond acceptors (Lipinski definition) is 5. The highest BCUT2D eigenvalue weighted by atomic mass is 19.1. The number of oxime groups is 1. The van der Waals surface area contributed by atoms with Gasteiger partial charge in [-0.2, -0.15) is 0 Å². The lowest BCUT2D eigenvalue weighted by molar-refractivity contribution is -0.154. The van der Waals surface area contributed by atoms with Crippen LogP contribution in [0.1, 0.15) is 31.6 Å². The van der Waals surface area contributed by atoms with Crippen molar-refractivity contribution in [2.24, 2.45) is 5.16 Å². The second kappa shape index (κ2) is 5.68. The summed E-state index contributed by atoms with van der Waals surface area (Å²) in [5, 5.41) is 7.95. The summed E-state index contributed by atoms with van der Waals surface area (Å²) >= 11 is 0. The van der Waals surface area contributed by atoms with Gasteiger partial charge < -0.3 is 14.3 Å². The third-order valence-corrected chi connectivity index (χ3v) is 4.69. The molecule has 0 saturated carbocycles. The smallest absolute Gasteiger partial charge is 0.270 e. The Morgan fingerprint density at radius 2 is 2.16 bits per heavy atom. The van der Waals surface area contributed by atoms with Crippen molar-refractivity contribution in [1.82, 2.24) is 10.1 Å². The Morgan fingerprint density at radius 3 is 2.88 bits per heavy atom. The summed E-state index contributed by atoms with van der Waals surface area (Å²) < 4.78 is 19.5. The Kier molecular flexibility index (Phi) is 3.59. The molecule has 7 heteroatoms. The minimum Gasteiger partial charge on any atom is -0.379 e. The molecule has 2 aromatic rings. The van der Waals surface area contributed by atoms with Gasteiger partial charge >= 0.3 is 0 Å². The summed E-state index contributed by atoms with van der Waals surface area (Å²) in [5.41, 5.74) is 1.41. The molecule has 130 valence electrons. The third kappa shape index (κ3) is 2.59. The molecule has 0 aliphatic carbocycles. The van der Waals surface area contributed by atoms with Crippen molar-refractivity contribution in [3.05, 3.63) is 41.4 Å². The fraction of sp³-hybridized carbons (Fsp3) is 0.389. The molecular formula is C18H18FN3O3. The number of fused-ring (bicyclic) bond motifs is 1. The third-order valence-electron chi connectivity index (χ3n) is 4.69. The number of nitrogens with zero attached hydrogens (tertiary/aromatic N) is 3. The van der Waals surface area contributed by atoms with E-state index >= 15 is 0 Å². The summed E-state index contributed by atoms with van der Waals surface area (Å²) in [5.74, 6) is 0.212. The van der Waals surface area contributed by atoms with Crippen molar-refractivity contribution in [2.75, 3.05) is 6.54 Å². The van der Waals surface area contributed by atoms with Gasteiger partial charge in [0.1, 0.15) is 17.3 Å². The van der Waals surface area contributed by atoms with Crippen LogP contribution in [0.3, 0.4) is 0 Å². The Morgan fingerprint density at radius 1 is 1.36 bits per heavy atom. The number of amides is 1. The first kappa shape index (κ1) is 15.8. The van der Waals surface area contributed by atoms with Gasteiger partial charge in [0.05, 0.1) is 12.3 Å². The highest BCUT2D eigenvalue weighted by Crippen LogP contribution is 2.33. The highest BCUT2D eigenvalue weighted by Gasteiger charge is 2.44. The van der Waals surface area contributed by atoms with Gasteiger partial charge in [0.15, 0.2) is 0 Å². The first-order valence-corrected chi connectivity index (χ1v) is 8.21. The monoisotopic (exact) mass is 343 g/mol. The molecule has 0 fully saturated rings. The van der Waals surface area contributed by atoms with Crippen LogP contribution in [0.4, 0.5) is 4.39 Å². The zero-order valence-corrected chi connectivity index (χ0v) is 14.1. The number of benzene rings is 1. The molecule has 0 saturated heterocycles. The summed E-state index contributed by atoms with van der Waals surface area (Å²) in [6, 6.07) is 6.42. The SMILES string of the molecule is CC1=NO[C@](C)(C(=O)N2CCc3onc(-c4ccccc4F)c3C2)C1. The van der Waals surface area contributed by atoms with Crippen molar-refractivity contribution in [3.63, 3.8) is 0 Å². The average molecular weight is 343 g/mol. The van der Waals surface area contributed by atoms with E-state index in [2.05, 4.69) is 10.3 Å². The number of carbonyl (C=O) groups is 1. The number of aromatic nitrogens is 1. The fourth-order valence-corrected chi connectivity index (χ4v) is 3.43. The van der Waals surface area contributed by atoms with Gasteiger partial charge in [-0.15, -0.1) is 0 Å². The van der Waals surface area contributed by atoms with Crippen molar-refractivity contribution in [2.45, 2.75) is 38.8 Å². The molecule has 0 bridgehead atoms. The summed E-state index contributed by atoms with van der Waals surface area (Å²) in [6.07, 6.45) is 1.01. The maximum Gasteiger partial charge on any atom is 0.270 e. The molecule has 25 heavy (non-hydrogen) atoms. The first-order chi connectivity index (χ1) is 12.0. The normalized spacial score (nSPS) is 22.4. The maximum atomic E-state index is 14.1. The molecule has 0 spiro atoms. The van der Waals surface area contributed by atoms with Crippen molar-refractivity contribution < 1.29 is 18.5 Å². The van der Waals surface area contributed by atoms with Gasteiger partial charge in [-0.1, -0.05) is 22.4 Å². The van der Waals surface area contributed by atoms with E-state index in [4.69, 9.17) is 9.36 Å². The fourth-order valence-electron chi connectivity index (χ4n) is 3.43. The van der Waals surface area contributed by atoms with Crippen LogP contribution in [0.25, 0.3) is 11.3 Å². The van der Waals surface area contributed by atoms with Crippen molar-refractivity contribution in [1.29, 1.82) is 0 Å². The summed E-state index contributed by atoms with van der Waals surface area (Å²) in [6.45, 7) is 4.41. The molecule has 0 N–H and O–H groups in total. The molecule has 1 aromatic carbocycles. The van der Waals surface area contributed by atoms with Gasteiger partial charge in [0.2, 0.25) is 5.60 Å². The molecule has 1 atom stereocenters. The van der Waals surface area contributed by atoms with E-state index in [0.717, 1.165) is 11.3 Å². The van der Waals surface area contributed by atoms with E-state index in [-0.39, 0.29) is 11.7 Å². The molecule has 6 nitrogen and oxygen atoms in total. The van der Waals surface area contributed by atoms with Gasteiger partial charge in [-0.3, -0.25) is 4.79 Å². The standard InChI is InChI=1S/C18H18FN3O3/c1-11-9-18(2,25-20-11)17(23)22-8-7-15-13(10-22)16(21-24-15)12-5-3-4-6-14(12)19/h3-6H,7-10H2,1-2H3/t18-/m0/s1. The molecule has 1 amide bonds. The van der Waals surface area contributed by atoms with Crippen molar-refractivity contribution in [3.8, 4) is 11.3 Å². The van der Waals surface area contributed by atoms with E-state index in [1.54, 1.807) is 30.0 Å². The molecular weight excluding hydrogens is 325 g/mol. The highest BCUT2D eigenvalue weighted by molar-refractivity contribution is 5.94. The van der Waals surface area contributed by atoms with Gasteiger partial charge in [0.25, 0.3) is 5.91 Å². The van der Waals surface area contributed by atoms with E-state index in [9.17, 15) is 9.18 Å². The van der Waals surface area contributed by atoms with Crippen LogP contribution in [0.2, 0.25) is 0 Å². The number of hydrogen-bond donors (Lipinski definition) is 0. The molecule has 2 aliphatic rings. The van der Waals surface area contributed by atoms with Gasteiger partial charge in [-0.05, 0) is 26.0 Å². The van der Waals surface area contributed by atoms with Crippen molar-refractivity contribution >= 4 is 11.6 Å². The van der Waals surface area contributed by atoms with E-state index in [0.29, 0.717) is 42.9 Å². The van der Waals surface area contributed by atoms with E-state index < -0.39 is 5.60 Å². The topological polar surface area (TPSA) is 67.9 Å². The lowest BCUT2D eigenvalue weighted by Gasteiger charge is -2.32. The minimum absolute atomic E-state index is 0.126. The number of carbonyl (C=O) groups excluding carboxylic acids is 1. The van der Waals surface area contributed by atoms with Crippen LogP contribution in [0.15, 0.2) is 33.9 Å². The Labute approximate surface area is 144 Å². The van der Waals surface area contributed by atoms with Gasteiger partial charge in [0, 0.05) is 30.5 Å². The molecule has 0 radical (unpaired) electrons. The number of halogens is 1. The lowest BCUT2D eigenvalue weighted by Crippen LogP contribution is -2.48. The Bertz CT molecular complexity index is 876. The van der Waals surface area contributed by atoms with Crippen LogP contribution in [-0.4, -0.2) is 33.8 Å². The predicted octanol–water partition coefficient (Wildman–Crippen LogP) is 2.92. The van der Waals surface area contributed by atoms with E-state index in [1.807, 2.05) is 6.92 Å². The van der Waals surface area contributed by atoms with Crippen LogP contribution < -0.4 is 0 Å². The Balaban J connectivity index is 1.62. The molecule has 0 unspecified atom stereocenters. The molecule has 2 aliphatic heterocycles. The largest absolute Gasteiger partial charge is 0.379 e. The van der Waals surface area contributed by atoms with Gasteiger partial charge in [-0.25, -0.2) is 4.39 Å². The quantitative estimate of drug-likeness (QED) is 0.841. The number of rotatable bonds is 2. The average Bonchev–Trinajstić information content (AvgIpc) is 3.18. The zero-order chi connectivity index (χ0) is 17.6. The van der Waals surface area contributed by atoms with E-state index in [1.165, 1.54) is 6.07 Å². The predicted molar refractivity (Wildman–Crippen MR) is 88.2 cm³/mol. The second-order valence-electron chi connectivity index (χ2n) is 6.71. The van der Waals surface area contributed by atoms with Crippen LogP contribution >= 0.6 is 0 Å². The Hall–Kier alpha value is -2.70. The second-order valence-corrected chi connectivity index (χ2v) is 6.71. The zero-order valence-electron chi connectivity index (χ0n) is 14.1. The molecule has 4 rings (SSSR count). The maximum absolute atomic E-state index is 14.1. The lowest BCUT2D eigenvalue weighted by atomic mass is 9.95.